The number of hydrogen-bond donors (Lipinski definition) is 2. The fourth-order valence-electron chi connectivity index (χ4n) is 1.48. The van der Waals surface area contributed by atoms with Gasteiger partial charge in [-0.05, 0) is 6.92 Å². The Morgan fingerprint density at radius 2 is 2.25 bits per heavy atom. The number of ether oxygens (including phenoxy) is 1. The molecular weight excluding hydrogens is 230 g/mol. The molecule has 3 unspecified atom stereocenters. The van der Waals surface area contributed by atoms with Gasteiger partial charge in [0.25, 0.3) is 0 Å². The van der Waals surface area contributed by atoms with Crippen LogP contribution in [0.25, 0.3) is 0 Å². The first-order valence-electron chi connectivity index (χ1n) is 5.06. The van der Waals surface area contributed by atoms with Gasteiger partial charge in [0.05, 0.1) is 12.7 Å². The van der Waals surface area contributed by atoms with Crippen molar-refractivity contribution >= 4 is 11.8 Å². The summed E-state index contributed by atoms with van der Waals surface area (Å²) in [4.78, 5) is 0. The van der Waals surface area contributed by atoms with E-state index in [0.717, 1.165) is 11.0 Å². The predicted molar refractivity (Wildman–Crippen MR) is 58.2 cm³/mol. The Hall–Kier alpha value is -0.630. The number of aromatic nitrogens is 3. The predicted octanol–water partition coefficient (Wildman–Crippen LogP) is -0.664. The molecule has 90 valence electrons. The molecule has 1 aromatic heterocycles. The molecule has 2 heterocycles. The zero-order valence-electron chi connectivity index (χ0n) is 9.20. The van der Waals surface area contributed by atoms with Gasteiger partial charge in [0.1, 0.15) is 18.0 Å². The van der Waals surface area contributed by atoms with Crippen LogP contribution in [0.1, 0.15) is 5.82 Å². The largest absolute Gasteiger partial charge is 0.388 e. The lowest BCUT2D eigenvalue weighted by Crippen LogP contribution is -2.31. The monoisotopic (exact) mass is 245 g/mol. The summed E-state index contributed by atoms with van der Waals surface area (Å²) in [5.41, 5.74) is 0. The maximum Gasteiger partial charge on any atom is 0.191 e. The van der Waals surface area contributed by atoms with E-state index in [0.29, 0.717) is 5.75 Å². The maximum absolute atomic E-state index is 9.58. The number of aryl methyl sites for hydroxylation is 1. The quantitative estimate of drug-likeness (QED) is 0.688. The molecule has 0 spiro atoms. The summed E-state index contributed by atoms with van der Waals surface area (Å²) in [6.07, 6.45) is -1.91. The van der Waals surface area contributed by atoms with Gasteiger partial charge in [0, 0.05) is 12.8 Å². The standard InChI is InChI=1S/C9H15N3O3S/c1-5-10-11-9(12(5)2)16-4-7-8(14)6(13)3-15-7/h6-8,13-14H,3-4H2,1-2H3. The highest BCUT2D eigenvalue weighted by molar-refractivity contribution is 7.99. The fourth-order valence-corrected chi connectivity index (χ4v) is 2.51. The van der Waals surface area contributed by atoms with Crippen molar-refractivity contribution in [2.45, 2.75) is 30.4 Å². The summed E-state index contributed by atoms with van der Waals surface area (Å²) in [5, 5.41) is 27.6. The smallest absolute Gasteiger partial charge is 0.191 e. The van der Waals surface area contributed by atoms with E-state index in [2.05, 4.69) is 10.2 Å². The van der Waals surface area contributed by atoms with Crippen LogP contribution in [0.3, 0.4) is 0 Å². The molecule has 0 amide bonds. The number of aliphatic hydroxyl groups excluding tert-OH is 2. The van der Waals surface area contributed by atoms with E-state index in [1.165, 1.54) is 11.8 Å². The first-order valence-corrected chi connectivity index (χ1v) is 6.04. The summed E-state index contributed by atoms with van der Waals surface area (Å²) in [7, 11) is 1.89. The Kier molecular flexibility index (Phi) is 3.48. The Balaban J connectivity index is 1.91. The second-order valence-electron chi connectivity index (χ2n) is 3.83. The van der Waals surface area contributed by atoms with Gasteiger partial charge in [-0.25, -0.2) is 0 Å². The van der Waals surface area contributed by atoms with Gasteiger partial charge in [0.2, 0.25) is 0 Å². The lowest BCUT2D eigenvalue weighted by atomic mass is 10.2. The molecule has 1 aliphatic heterocycles. The molecule has 6 nitrogen and oxygen atoms in total. The first-order chi connectivity index (χ1) is 7.59. The summed E-state index contributed by atoms with van der Waals surface area (Å²) in [6.45, 7) is 2.08. The molecule has 3 atom stereocenters. The van der Waals surface area contributed by atoms with Crippen molar-refractivity contribution in [2.75, 3.05) is 12.4 Å². The zero-order valence-corrected chi connectivity index (χ0v) is 10.0. The molecule has 16 heavy (non-hydrogen) atoms. The van der Waals surface area contributed by atoms with Crippen molar-refractivity contribution in [3.63, 3.8) is 0 Å². The van der Waals surface area contributed by atoms with E-state index in [4.69, 9.17) is 4.74 Å². The molecule has 1 aromatic rings. The number of hydrogen-bond acceptors (Lipinski definition) is 6. The van der Waals surface area contributed by atoms with Crippen LogP contribution < -0.4 is 0 Å². The molecule has 0 bridgehead atoms. The second-order valence-corrected chi connectivity index (χ2v) is 4.82. The fraction of sp³-hybridized carbons (Fsp3) is 0.778. The average Bonchev–Trinajstić information content (AvgIpc) is 2.74. The van der Waals surface area contributed by atoms with Gasteiger partial charge in [-0.15, -0.1) is 10.2 Å². The second kappa shape index (κ2) is 4.70. The van der Waals surface area contributed by atoms with Crippen LogP contribution in [0, 0.1) is 6.92 Å². The third-order valence-electron chi connectivity index (χ3n) is 2.69. The molecule has 2 N–H and O–H groups in total. The Morgan fingerprint density at radius 3 is 2.75 bits per heavy atom. The van der Waals surface area contributed by atoms with E-state index in [9.17, 15) is 10.2 Å². The molecule has 0 radical (unpaired) electrons. The zero-order chi connectivity index (χ0) is 11.7. The van der Waals surface area contributed by atoms with Crippen LogP contribution >= 0.6 is 11.8 Å². The summed E-state index contributed by atoms with van der Waals surface area (Å²) in [6, 6.07) is 0. The van der Waals surface area contributed by atoms with E-state index in [-0.39, 0.29) is 12.7 Å². The minimum Gasteiger partial charge on any atom is -0.388 e. The number of aliphatic hydroxyl groups is 2. The van der Waals surface area contributed by atoms with Crippen molar-refractivity contribution in [1.82, 2.24) is 14.8 Å². The molecule has 7 heteroatoms. The first kappa shape index (κ1) is 11.8. The number of nitrogens with zero attached hydrogens (tertiary/aromatic N) is 3. The van der Waals surface area contributed by atoms with Crippen LogP contribution in [0.15, 0.2) is 5.16 Å². The summed E-state index contributed by atoms with van der Waals surface area (Å²) >= 11 is 1.46. The molecule has 2 rings (SSSR count). The topological polar surface area (TPSA) is 80.4 Å². The Morgan fingerprint density at radius 1 is 1.50 bits per heavy atom. The van der Waals surface area contributed by atoms with Crippen LogP contribution in [0.4, 0.5) is 0 Å². The summed E-state index contributed by atoms with van der Waals surface area (Å²) < 4.78 is 7.15. The van der Waals surface area contributed by atoms with Crippen LogP contribution in [0.2, 0.25) is 0 Å². The number of rotatable bonds is 3. The SMILES string of the molecule is Cc1nnc(SCC2OCC(O)C2O)n1C. The maximum atomic E-state index is 9.58. The molecule has 0 aromatic carbocycles. The normalized spacial score (nSPS) is 29.9. The van der Waals surface area contributed by atoms with E-state index in [1.807, 2.05) is 18.5 Å². The third kappa shape index (κ3) is 2.22. The van der Waals surface area contributed by atoms with Crippen molar-refractivity contribution in [2.24, 2.45) is 7.05 Å². The Bertz CT molecular complexity index is 371. The van der Waals surface area contributed by atoms with Gasteiger partial charge in [-0.1, -0.05) is 11.8 Å². The summed E-state index contributed by atoms with van der Waals surface area (Å²) in [5.74, 6) is 1.40. The minimum absolute atomic E-state index is 0.199. The van der Waals surface area contributed by atoms with Crippen molar-refractivity contribution in [1.29, 1.82) is 0 Å². The van der Waals surface area contributed by atoms with Gasteiger partial charge in [-0.2, -0.15) is 0 Å². The van der Waals surface area contributed by atoms with Crippen LogP contribution in [-0.2, 0) is 11.8 Å². The molecular formula is C9H15N3O3S. The number of thioether (sulfide) groups is 1. The van der Waals surface area contributed by atoms with Crippen LogP contribution in [0.5, 0.6) is 0 Å². The van der Waals surface area contributed by atoms with E-state index < -0.39 is 12.2 Å². The van der Waals surface area contributed by atoms with E-state index in [1.54, 1.807) is 0 Å². The highest BCUT2D eigenvalue weighted by Gasteiger charge is 2.34. The van der Waals surface area contributed by atoms with Gasteiger partial charge < -0.3 is 19.5 Å². The Labute approximate surface area is 97.6 Å². The molecule has 1 aliphatic rings. The van der Waals surface area contributed by atoms with Crippen molar-refractivity contribution in [3.8, 4) is 0 Å². The highest BCUT2D eigenvalue weighted by atomic mass is 32.2. The third-order valence-corrected chi connectivity index (χ3v) is 3.79. The molecule has 0 saturated carbocycles. The highest BCUT2D eigenvalue weighted by Crippen LogP contribution is 2.23. The van der Waals surface area contributed by atoms with Gasteiger partial charge in [0.15, 0.2) is 5.16 Å². The lowest BCUT2D eigenvalue weighted by Gasteiger charge is -2.13. The molecule has 0 aliphatic carbocycles. The lowest BCUT2D eigenvalue weighted by molar-refractivity contribution is 0.0337. The van der Waals surface area contributed by atoms with Crippen LogP contribution in [-0.4, -0.2) is 55.6 Å². The van der Waals surface area contributed by atoms with E-state index >= 15 is 0 Å². The molecule has 1 fully saturated rings. The molecule has 1 saturated heterocycles. The minimum atomic E-state index is -0.804. The van der Waals surface area contributed by atoms with Gasteiger partial charge >= 0.3 is 0 Å². The average molecular weight is 245 g/mol. The van der Waals surface area contributed by atoms with Crippen molar-refractivity contribution < 1.29 is 14.9 Å². The van der Waals surface area contributed by atoms with Gasteiger partial charge in [-0.3, -0.25) is 0 Å². The van der Waals surface area contributed by atoms with Crippen molar-refractivity contribution in [3.05, 3.63) is 5.82 Å².